The van der Waals surface area contributed by atoms with E-state index in [0.717, 1.165) is 19.3 Å². The number of sulfonamides is 1. The molecule has 0 radical (unpaired) electrons. The number of carbonyl (C=O) groups excluding carboxylic acids is 1. The molecule has 2 aliphatic heterocycles. The highest BCUT2D eigenvalue weighted by molar-refractivity contribution is 8.23. The zero-order chi connectivity index (χ0) is 18.9. The molecule has 1 N–H and O–H groups in total. The van der Waals surface area contributed by atoms with Gasteiger partial charge in [0.15, 0.2) is 5.84 Å². The normalized spacial score (nSPS) is 23.0. The van der Waals surface area contributed by atoms with Crippen LogP contribution in [0.15, 0.2) is 33.6 Å². The number of rotatable bonds is 2. The van der Waals surface area contributed by atoms with E-state index in [0.29, 0.717) is 24.5 Å². The summed E-state index contributed by atoms with van der Waals surface area (Å²) in [6, 6.07) is 6.86. The number of hydrogen-bond donors (Lipinski definition) is 1. The summed E-state index contributed by atoms with van der Waals surface area (Å²) in [5.41, 5.74) is 0.0791. The monoisotopic (exact) mass is 379 g/mol. The molecule has 1 aromatic carbocycles. The van der Waals surface area contributed by atoms with Crippen LogP contribution in [0.4, 0.5) is 4.79 Å². The summed E-state index contributed by atoms with van der Waals surface area (Å²) in [4.78, 5) is 14.2. The number of alkyl carbamates (subject to hydrolysis) is 1. The van der Waals surface area contributed by atoms with Crippen LogP contribution in [0, 0.1) is 0 Å². The van der Waals surface area contributed by atoms with Gasteiger partial charge in [-0.25, -0.2) is 9.19 Å². The van der Waals surface area contributed by atoms with Crippen molar-refractivity contribution < 1.29 is 18.6 Å². The van der Waals surface area contributed by atoms with E-state index < -0.39 is 22.5 Å². The Bertz CT molecular complexity index is 715. The van der Waals surface area contributed by atoms with E-state index in [-0.39, 0.29) is 10.9 Å². The molecule has 26 heavy (non-hydrogen) atoms. The summed E-state index contributed by atoms with van der Waals surface area (Å²) in [5, 5.41) is 2.80. The van der Waals surface area contributed by atoms with Crippen LogP contribution in [0.5, 0.6) is 0 Å². The maximum Gasteiger partial charge on any atom is 0.407 e. The van der Waals surface area contributed by atoms with Gasteiger partial charge in [-0.05, 0) is 52.2 Å². The lowest BCUT2D eigenvalue weighted by molar-refractivity contribution is 0.0510. The summed E-state index contributed by atoms with van der Waals surface area (Å²) in [6.07, 6.45) is 2.38. The third-order valence-electron chi connectivity index (χ3n) is 4.39. The molecule has 3 rings (SSSR count). The minimum atomic E-state index is -3.65. The van der Waals surface area contributed by atoms with Gasteiger partial charge in [-0.15, -0.1) is 0 Å². The predicted octanol–water partition coefficient (Wildman–Crippen LogP) is 3.17. The van der Waals surface area contributed by atoms with Crippen molar-refractivity contribution in [1.29, 1.82) is 0 Å². The summed E-state index contributed by atoms with van der Waals surface area (Å²) in [5.74, 6) is 0.483. The van der Waals surface area contributed by atoms with Crippen molar-refractivity contribution in [3.05, 3.63) is 29.8 Å². The lowest BCUT2D eigenvalue weighted by atomic mass is 10.0. The van der Waals surface area contributed by atoms with Crippen LogP contribution in [0.3, 0.4) is 0 Å². The first-order valence-electron chi connectivity index (χ1n) is 8.85. The Labute approximate surface area is 155 Å². The van der Waals surface area contributed by atoms with E-state index in [4.69, 9.17) is 4.74 Å². The average molecular weight is 379 g/mol. The number of nitrogens with zero attached hydrogens (tertiary/aromatic N) is 2. The molecule has 8 heteroatoms. The fourth-order valence-corrected chi connectivity index (χ4v) is 4.52. The van der Waals surface area contributed by atoms with E-state index in [2.05, 4.69) is 9.71 Å². The van der Waals surface area contributed by atoms with E-state index in [9.17, 15) is 13.9 Å². The molecule has 0 spiro atoms. The van der Waals surface area contributed by atoms with Gasteiger partial charge < -0.3 is 34.8 Å². The Morgan fingerprint density at radius 1 is 1.35 bits per heavy atom. The maximum atomic E-state index is 12.3. The van der Waals surface area contributed by atoms with Crippen LogP contribution in [-0.4, -0.2) is 50.7 Å². The molecule has 0 aromatic heterocycles. The first kappa shape index (κ1) is 19.0. The van der Waals surface area contributed by atoms with Crippen LogP contribution in [0.2, 0.25) is 0 Å². The number of piperidine rings is 1. The van der Waals surface area contributed by atoms with Crippen molar-refractivity contribution in [2.45, 2.75) is 56.6 Å². The van der Waals surface area contributed by atoms with Gasteiger partial charge in [0.05, 0.1) is 0 Å². The van der Waals surface area contributed by atoms with Gasteiger partial charge in [0.25, 0.3) is 0 Å². The zero-order valence-corrected chi connectivity index (χ0v) is 16.2. The van der Waals surface area contributed by atoms with Crippen molar-refractivity contribution in [3.8, 4) is 0 Å². The Kier molecular flexibility index (Phi) is 5.18. The van der Waals surface area contributed by atoms with Crippen LogP contribution < -0.4 is 5.32 Å². The number of hydrogen-bond acceptors (Lipinski definition) is 6. The number of amidine groups is 1. The number of benzene rings is 1. The molecule has 1 saturated heterocycles. The number of amides is 1. The fourth-order valence-electron chi connectivity index (χ4n) is 3.30. The van der Waals surface area contributed by atoms with Gasteiger partial charge in [0, 0.05) is 29.6 Å². The summed E-state index contributed by atoms with van der Waals surface area (Å²) >= 11 is 0. The second-order valence-corrected chi connectivity index (χ2v) is 9.18. The van der Waals surface area contributed by atoms with Crippen LogP contribution in [0.1, 0.15) is 45.6 Å². The predicted molar refractivity (Wildman–Crippen MR) is 99.0 cm³/mol. The summed E-state index contributed by atoms with van der Waals surface area (Å²) in [6.45, 7) is 6.54. The molecular weight excluding hydrogens is 354 g/mol. The SMILES string of the molecule is CC(C)(C)OC(=O)NCC1CCCCN1C1=NS([O-])([O-])c2ccccc21. The van der Waals surface area contributed by atoms with E-state index in [1.807, 2.05) is 31.7 Å². The lowest BCUT2D eigenvalue weighted by Gasteiger charge is -2.52. The minimum absolute atomic E-state index is 0.0172. The molecule has 0 saturated carbocycles. The van der Waals surface area contributed by atoms with Crippen molar-refractivity contribution in [3.63, 3.8) is 0 Å². The average Bonchev–Trinajstić information content (AvgIpc) is 2.84. The quantitative estimate of drug-likeness (QED) is 0.851. The van der Waals surface area contributed by atoms with Crippen LogP contribution >= 0.6 is 10.8 Å². The first-order chi connectivity index (χ1) is 12.2. The molecule has 1 unspecified atom stereocenters. The van der Waals surface area contributed by atoms with E-state index in [1.54, 1.807) is 18.2 Å². The van der Waals surface area contributed by atoms with Gasteiger partial charge in [-0.2, -0.15) is 0 Å². The summed E-state index contributed by atoms with van der Waals surface area (Å²) in [7, 11) is -3.65. The molecule has 1 amide bonds. The standard InChI is InChI=1S/C18H27N3O4S/c1-18(2,3)25-17(22)19-12-13-8-6-7-11-21(13)16-14-9-4-5-10-15(14)26(23,24)20-16/h4-5,9-10,13,23-24H,6-8,11-12H2,1-3H3,(H,19,22)/p-2. The number of likely N-dealkylation sites (tertiary alicyclic amines) is 1. The third-order valence-corrected chi connectivity index (χ3v) is 5.72. The van der Waals surface area contributed by atoms with Gasteiger partial charge in [0.1, 0.15) is 5.60 Å². The smallest absolute Gasteiger partial charge is 0.407 e. The Balaban J connectivity index is 1.75. The highest BCUT2D eigenvalue weighted by Crippen LogP contribution is 2.55. The summed E-state index contributed by atoms with van der Waals surface area (Å²) < 4.78 is 34.0. The molecule has 1 atom stereocenters. The van der Waals surface area contributed by atoms with Gasteiger partial charge in [-0.1, -0.05) is 12.1 Å². The van der Waals surface area contributed by atoms with Crippen molar-refractivity contribution >= 4 is 22.7 Å². The van der Waals surface area contributed by atoms with Gasteiger partial charge >= 0.3 is 6.09 Å². The Morgan fingerprint density at radius 2 is 2.08 bits per heavy atom. The highest BCUT2D eigenvalue weighted by atomic mass is 32.3. The molecule has 144 valence electrons. The molecular formula is C18H25N3O4S-2. The highest BCUT2D eigenvalue weighted by Gasteiger charge is 2.31. The number of carbonyl (C=O) groups is 1. The fraction of sp³-hybridized carbons (Fsp3) is 0.556. The molecule has 1 aromatic rings. The molecule has 0 bridgehead atoms. The zero-order valence-electron chi connectivity index (χ0n) is 15.4. The maximum absolute atomic E-state index is 12.3. The Hall–Kier alpha value is -1.77. The van der Waals surface area contributed by atoms with Crippen molar-refractivity contribution in [2.24, 2.45) is 4.40 Å². The van der Waals surface area contributed by atoms with Gasteiger partial charge in [-0.3, -0.25) is 0 Å². The Morgan fingerprint density at radius 3 is 2.81 bits per heavy atom. The number of ether oxygens (including phenoxy) is 1. The van der Waals surface area contributed by atoms with Crippen LogP contribution in [0.25, 0.3) is 0 Å². The second-order valence-electron chi connectivity index (χ2n) is 7.61. The number of fused-ring (bicyclic) bond motifs is 1. The number of nitrogens with one attached hydrogen (secondary N) is 1. The molecule has 1 fully saturated rings. The van der Waals surface area contributed by atoms with E-state index >= 15 is 0 Å². The third kappa shape index (κ3) is 4.13. The minimum Gasteiger partial charge on any atom is -0.778 e. The second kappa shape index (κ2) is 7.09. The largest absolute Gasteiger partial charge is 0.778 e. The van der Waals surface area contributed by atoms with E-state index in [1.165, 1.54) is 0 Å². The molecule has 7 nitrogen and oxygen atoms in total. The first-order valence-corrected chi connectivity index (χ1v) is 10.3. The lowest BCUT2D eigenvalue weighted by Crippen LogP contribution is -2.50. The van der Waals surface area contributed by atoms with Crippen molar-refractivity contribution in [2.75, 3.05) is 13.1 Å². The molecule has 2 heterocycles. The van der Waals surface area contributed by atoms with Crippen molar-refractivity contribution in [1.82, 2.24) is 10.2 Å². The van der Waals surface area contributed by atoms with Gasteiger partial charge in [0.2, 0.25) is 0 Å². The molecule has 0 aliphatic carbocycles. The molecule has 2 aliphatic rings. The topological polar surface area (TPSA) is 100 Å². The van der Waals surface area contributed by atoms with Crippen LogP contribution in [-0.2, 0) is 4.74 Å².